The van der Waals surface area contributed by atoms with Crippen molar-refractivity contribution in [2.75, 3.05) is 27.3 Å². The Morgan fingerprint density at radius 2 is 1.65 bits per heavy atom. The van der Waals surface area contributed by atoms with Crippen LogP contribution in [-0.2, 0) is 11.2 Å². The Kier molecular flexibility index (Phi) is 6.89. The van der Waals surface area contributed by atoms with Crippen LogP contribution in [0.15, 0.2) is 48.5 Å². The smallest absolute Gasteiger partial charge is 0.227 e. The van der Waals surface area contributed by atoms with Crippen LogP contribution in [0.3, 0.4) is 0 Å². The van der Waals surface area contributed by atoms with Gasteiger partial charge in [-0.3, -0.25) is 4.79 Å². The number of benzene rings is 2. The van der Waals surface area contributed by atoms with Crippen LogP contribution >= 0.6 is 12.4 Å². The standard InChI is InChI=1S/C20H24N2O3.ClH/c1-24-18-9-6-10-19(25-2)15(18)11-20(23)22-12-16(17(21)13-22)14-7-4-3-5-8-14;/h3-10,16-17H,11-13,21H2,1-2H3;1H/t16-,17+;/m0./s1. The Morgan fingerprint density at radius 3 is 2.23 bits per heavy atom. The van der Waals surface area contributed by atoms with Crippen molar-refractivity contribution in [3.63, 3.8) is 0 Å². The Bertz CT molecular complexity index is 717. The van der Waals surface area contributed by atoms with E-state index in [-0.39, 0.29) is 36.7 Å². The number of hydrogen-bond acceptors (Lipinski definition) is 4. The third kappa shape index (κ3) is 4.11. The summed E-state index contributed by atoms with van der Waals surface area (Å²) in [4.78, 5) is 14.7. The van der Waals surface area contributed by atoms with E-state index >= 15 is 0 Å². The first-order valence-corrected chi connectivity index (χ1v) is 8.42. The zero-order valence-electron chi connectivity index (χ0n) is 15.1. The summed E-state index contributed by atoms with van der Waals surface area (Å²) < 4.78 is 10.8. The summed E-state index contributed by atoms with van der Waals surface area (Å²) in [5.74, 6) is 1.54. The quantitative estimate of drug-likeness (QED) is 0.871. The Morgan fingerprint density at radius 1 is 1.04 bits per heavy atom. The lowest BCUT2D eigenvalue weighted by molar-refractivity contribution is -0.129. The third-order valence-electron chi connectivity index (χ3n) is 4.80. The molecule has 0 aliphatic carbocycles. The van der Waals surface area contributed by atoms with Crippen LogP contribution in [0.2, 0.25) is 0 Å². The molecule has 1 aliphatic heterocycles. The lowest BCUT2D eigenvalue weighted by Crippen LogP contribution is -2.33. The molecular weight excluding hydrogens is 352 g/mol. The molecule has 2 atom stereocenters. The number of nitrogens with two attached hydrogens (primary N) is 1. The van der Waals surface area contributed by atoms with E-state index in [1.165, 1.54) is 5.56 Å². The summed E-state index contributed by atoms with van der Waals surface area (Å²) in [6, 6.07) is 15.6. The van der Waals surface area contributed by atoms with Crippen LogP contribution in [0.25, 0.3) is 0 Å². The van der Waals surface area contributed by atoms with Crippen molar-refractivity contribution in [2.24, 2.45) is 5.73 Å². The highest BCUT2D eigenvalue weighted by Crippen LogP contribution is 2.31. The van der Waals surface area contributed by atoms with E-state index in [0.29, 0.717) is 24.6 Å². The van der Waals surface area contributed by atoms with Gasteiger partial charge in [0.1, 0.15) is 11.5 Å². The van der Waals surface area contributed by atoms with Crippen molar-refractivity contribution in [3.05, 3.63) is 59.7 Å². The molecule has 2 N–H and O–H groups in total. The molecule has 1 aliphatic rings. The number of carbonyl (C=O) groups excluding carboxylic acids is 1. The highest BCUT2D eigenvalue weighted by molar-refractivity contribution is 5.85. The van der Waals surface area contributed by atoms with Gasteiger partial charge in [0.2, 0.25) is 5.91 Å². The molecule has 0 aromatic heterocycles. The SMILES string of the molecule is COc1cccc(OC)c1CC(=O)N1C[C@@H](N)[C@H](c2ccccc2)C1.Cl. The minimum Gasteiger partial charge on any atom is -0.496 e. The molecule has 0 saturated carbocycles. The molecule has 0 unspecified atom stereocenters. The van der Waals surface area contributed by atoms with Gasteiger partial charge < -0.3 is 20.1 Å². The van der Waals surface area contributed by atoms with Crippen LogP contribution in [0.1, 0.15) is 17.0 Å². The third-order valence-corrected chi connectivity index (χ3v) is 4.80. The number of halogens is 1. The van der Waals surface area contributed by atoms with Gasteiger partial charge in [-0.05, 0) is 17.7 Å². The molecule has 1 amide bonds. The fourth-order valence-electron chi connectivity index (χ4n) is 3.45. The van der Waals surface area contributed by atoms with Gasteiger partial charge in [-0.15, -0.1) is 12.4 Å². The van der Waals surface area contributed by atoms with Gasteiger partial charge in [-0.2, -0.15) is 0 Å². The molecule has 1 fully saturated rings. The minimum absolute atomic E-state index is 0. The first kappa shape index (κ1) is 20.1. The maximum atomic E-state index is 12.8. The summed E-state index contributed by atoms with van der Waals surface area (Å²) in [7, 11) is 3.19. The molecule has 0 radical (unpaired) electrons. The van der Waals surface area contributed by atoms with Gasteiger partial charge in [-0.25, -0.2) is 0 Å². The molecule has 5 nitrogen and oxygen atoms in total. The monoisotopic (exact) mass is 376 g/mol. The number of ether oxygens (including phenoxy) is 2. The highest BCUT2D eigenvalue weighted by atomic mass is 35.5. The molecule has 0 spiro atoms. The summed E-state index contributed by atoms with van der Waals surface area (Å²) in [5.41, 5.74) is 8.25. The Hall–Kier alpha value is -2.24. The van der Waals surface area contributed by atoms with Crippen LogP contribution < -0.4 is 15.2 Å². The average molecular weight is 377 g/mol. The lowest BCUT2D eigenvalue weighted by Gasteiger charge is -2.18. The van der Waals surface area contributed by atoms with Crippen LogP contribution in [0, 0.1) is 0 Å². The van der Waals surface area contributed by atoms with Crippen molar-refractivity contribution >= 4 is 18.3 Å². The maximum absolute atomic E-state index is 12.8. The number of amides is 1. The first-order chi connectivity index (χ1) is 12.1. The first-order valence-electron chi connectivity index (χ1n) is 8.42. The van der Waals surface area contributed by atoms with E-state index < -0.39 is 0 Å². The molecule has 2 aromatic carbocycles. The van der Waals surface area contributed by atoms with E-state index in [1.807, 2.05) is 41.3 Å². The second kappa shape index (κ2) is 8.92. The van der Waals surface area contributed by atoms with Crippen molar-refractivity contribution in [1.82, 2.24) is 4.90 Å². The van der Waals surface area contributed by atoms with Gasteiger partial charge in [0, 0.05) is 30.6 Å². The number of nitrogens with zero attached hydrogens (tertiary/aromatic N) is 1. The van der Waals surface area contributed by atoms with Gasteiger partial charge >= 0.3 is 0 Å². The predicted octanol–water partition coefficient (Wildman–Crippen LogP) is 2.62. The number of methoxy groups -OCH3 is 2. The average Bonchev–Trinajstić information content (AvgIpc) is 3.04. The zero-order valence-corrected chi connectivity index (χ0v) is 15.9. The molecule has 0 bridgehead atoms. The summed E-state index contributed by atoms with van der Waals surface area (Å²) in [5, 5.41) is 0. The fourth-order valence-corrected chi connectivity index (χ4v) is 3.45. The second-order valence-electron chi connectivity index (χ2n) is 6.30. The summed E-state index contributed by atoms with van der Waals surface area (Å²) in [6.07, 6.45) is 0.238. The fraction of sp³-hybridized carbons (Fsp3) is 0.350. The molecule has 1 heterocycles. The number of hydrogen-bond donors (Lipinski definition) is 1. The second-order valence-corrected chi connectivity index (χ2v) is 6.30. The minimum atomic E-state index is -0.0501. The Balaban J connectivity index is 0.00000243. The molecule has 6 heteroatoms. The number of likely N-dealkylation sites (tertiary alicyclic amines) is 1. The van der Waals surface area contributed by atoms with E-state index in [1.54, 1.807) is 14.2 Å². The van der Waals surface area contributed by atoms with E-state index in [2.05, 4.69) is 12.1 Å². The topological polar surface area (TPSA) is 64.8 Å². The van der Waals surface area contributed by atoms with Crippen molar-refractivity contribution in [3.8, 4) is 11.5 Å². The highest BCUT2D eigenvalue weighted by Gasteiger charge is 2.34. The van der Waals surface area contributed by atoms with Gasteiger partial charge in [-0.1, -0.05) is 36.4 Å². The largest absolute Gasteiger partial charge is 0.496 e. The summed E-state index contributed by atoms with van der Waals surface area (Å²) >= 11 is 0. The molecule has 1 saturated heterocycles. The lowest BCUT2D eigenvalue weighted by atomic mass is 9.95. The molecular formula is C20H25ClN2O3. The normalized spacial score (nSPS) is 19.0. The van der Waals surface area contributed by atoms with Gasteiger partial charge in [0.05, 0.1) is 20.6 Å². The van der Waals surface area contributed by atoms with Gasteiger partial charge in [0.25, 0.3) is 0 Å². The molecule has 140 valence electrons. The number of carbonyl (C=O) groups is 1. The molecule has 3 rings (SSSR count). The van der Waals surface area contributed by atoms with Crippen molar-refractivity contribution in [1.29, 1.82) is 0 Å². The van der Waals surface area contributed by atoms with E-state index in [0.717, 1.165) is 5.56 Å². The molecule has 2 aromatic rings. The predicted molar refractivity (Wildman–Crippen MR) is 104 cm³/mol. The van der Waals surface area contributed by atoms with Crippen LogP contribution in [0.5, 0.6) is 11.5 Å². The van der Waals surface area contributed by atoms with Crippen molar-refractivity contribution in [2.45, 2.75) is 18.4 Å². The van der Waals surface area contributed by atoms with Gasteiger partial charge in [0.15, 0.2) is 0 Å². The molecule has 26 heavy (non-hydrogen) atoms. The zero-order chi connectivity index (χ0) is 17.8. The van der Waals surface area contributed by atoms with Crippen LogP contribution in [0.4, 0.5) is 0 Å². The van der Waals surface area contributed by atoms with Crippen LogP contribution in [-0.4, -0.2) is 44.2 Å². The Labute approximate surface area is 160 Å². The maximum Gasteiger partial charge on any atom is 0.227 e. The number of rotatable bonds is 5. The van der Waals surface area contributed by atoms with E-state index in [9.17, 15) is 4.79 Å². The van der Waals surface area contributed by atoms with E-state index in [4.69, 9.17) is 15.2 Å². The van der Waals surface area contributed by atoms with Crippen molar-refractivity contribution < 1.29 is 14.3 Å². The summed E-state index contributed by atoms with van der Waals surface area (Å²) in [6.45, 7) is 1.21.